The third-order valence-corrected chi connectivity index (χ3v) is 7.79. The van der Waals surface area contributed by atoms with Gasteiger partial charge in [-0.25, -0.2) is 0 Å². The third kappa shape index (κ3) is 4.32. The summed E-state index contributed by atoms with van der Waals surface area (Å²) in [6.07, 6.45) is 9.28. The Morgan fingerprint density at radius 3 is 2.59 bits per heavy atom. The number of rotatable bonds is 6. The number of hydrogen-bond acceptors (Lipinski definition) is 6. The van der Waals surface area contributed by atoms with E-state index in [4.69, 9.17) is 4.74 Å². The normalized spacial score (nSPS) is 35.8. The molecule has 4 aliphatic rings. The van der Waals surface area contributed by atoms with E-state index in [1.165, 1.54) is 19.3 Å². The molecule has 7 nitrogen and oxygen atoms in total. The van der Waals surface area contributed by atoms with Crippen LogP contribution in [0, 0.1) is 11.8 Å². The monoisotopic (exact) mass is 406 g/mol. The highest BCUT2D eigenvalue weighted by atomic mass is 16.5. The molecule has 1 saturated carbocycles. The van der Waals surface area contributed by atoms with Crippen LogP contribution in [0.2, 0.25) is 0 Å². The summed E-state index contributed by atoms with van der Waals surface area (Å²) in [6.45, 7) is 5.97. The van der Waals surface area contributed by atoms with Crippen LogP contribution in [0.1, 0.15) is 58.3 Å². The summed E-state index contributed by atoms with van der Waals surface area (Å²) in [5.74, 6) is 0.975. The van der Waals surface area contributed by atoms with Crippen molar-refractivity contribution in [2.24, 2.45) is 11.8 Å². The Labute approximate surface area is 174 Å². The van der Waals surface area contributed by atoms with Crippen molar-refractivity contribution >= 4 is 11.9 Å². The minimum absolute atomic E-state index is 0.00984. The first kappa shape index (κ1) is 21.1. The molecular formula is C22H38N4O3. The highest BCUT2D eigenvalue weighted by Crippen LogP contribution is 2.45. The van der Waals surface area contributed by atoms with Crippen molar-refractivity contribution in [2.45, 2.75) is 76.0 Å². The number of nitrogens with zero attached hydrogens (tertiary/aromatic N) is 2. The molecule has 1 aliphatic carbocycles. The number of amides is 1. The van der Waals surface area contributed by atoms with E-state index in [-0.39, 0.29) is 23.3 Å². The van der Waals surface area contributed by atoms with E-state index in [9.17, 15) is 9.59 Å². The highest BCUT2D eigenvalue weighted by Gasteiger charge is 2.52. The molecule has 164 valence electrons. The highest BCUT2D eigenvalue weighted by molar-refractivity contribution is 5.78. The second kappa shape index (κ2) is 8.90. The summed E-state index contributed by atoms with van der Waals surface area (Å²) >= 11 is 0. The fourth-order valence-corrected chi connectivity index (χ4v) is 6.29. The van der Waals surface area contributed by atoms with Gasteiger partial charge < -0.3 is 15.0 Å². The van der Waals surface area contributed by atoms with Crippen molar-refractivity contribution in [2.75, 3.05) is 39.8 Å². The minimum atomic E-state index is -0.00984. The van der Waals surface area contributed by atoms with Gasteiger partial charge in [0.1, 0.15) is 0 Å². The van der Waals surface area contributed by atoms with Crippen molar-refractivity contribution < 1.29 is 14.3 Å². The van der Waals surface area contributed by atoms with Gasteiger partial charge in [-0.3, -0.25) is 19.8 Å². The molecule has 29 heavy (non-hydrogen) atoms. The average molecular weight is 407 g/mol. The zero-order valence-electron chi connectivity index (χ0n) is 18.1. The Kier molecular flexibility index (Phi) is 6.47. The SMILES string of the molecule is CCOC(=O)C1CCC2(C1)CC(N1CCC(C3CCCN3C(=O)CNC)CC1)N2. The fraction of sp³-hybridized carbons (Fsp3) is 0.909. The standard InChI is InChI=1S/C22H38N4O3/c1-3-29-21(28)17-6-9-22(13-17)14-19(24-22)25-11-7-16(8-12-25)18-5-4-10-26(18)20(27)15-23-2/h16-19,23-24H,3-15H2,1-2H3. The van der Waals surface area contributed by atoms with E-state index in [0.717, 1.165) is 51.7 Å². The lowest BCUT2D eigenvalue weighted by Crippen LogP contribution is -2.69. The van der Waals surface area contributed by atoms with Crippen LogP contribution in [0.15, 0.2) is 0 Å². The second-order valence-corrected chi connectivity index (χ2v) is 9.54. The molecule has 0 radical (unpaired) electrons. The van der Waals surface area contributed by atoms with Crippen molar-refractivity contribution in [3.8, 4) is 0 Å². The van der Waals surface area contributed by atoms with Gasteiger partial charge in [0, 0.05) is 18.1 Å². The van der Waals surface area contributed by atoms with Gasteiger partial charge in [-0.1, -0.05) is 0 Å². The van der Waals surface area contributed by atoms with Crippen LogP contribution >= 0.6 is 0 Å². The maximum Gasteiger partial charge on any atom is 0.308 e. The largest absolute Gasteiger partial charge is 0.466 e. The molecule has 0 aromatic rings. The first-order chi connectivity index (χ1) is 14.0. The Balaban J connectivity index is 1.22. The molecule has 3 heterocycles. The Morgan fingerprint density at radius 1 is 1.14 bits per heavy atom. The predicted molar refractivity (Wildman–Crippen MR) is 111 cm³/mol. The topological polar surface area (TPSA) is 73.9 Å². The molecule has 1 amide bonds. The second-order valence-electron chi connectivity index (χ2n) is 9.54. The van der Waals surface area contributed by atoms with E-state index in [0.29, 0.717) is 31.3 Å². The van der Waals surface area contributed by atoms with Crippen LogP contribution in [0.5, 0.6) is 0 Å². The van der Waals surface area contributed by atoms with Crippen LogP contribution in [0.25, 0.3) is 0 Å². The average Bonchev–Trinajstić information content (AvgIpc) is 3.35. The van der Waals surface area contributed by atoms with Crippen LogP contribution in [-0.2, 0) is 14.3 Å². The molecular weight excluding hydrogens is 368 g/mol. The van der Waals surface area contributed by atoms with E-state index in [2.05, 4.69) is 20.4 Å². The van der Waals surface area contributed by atoms with Crippen molar-refractivity contribution in [3.05, 3.63) is 0 Å². The number of nitrogens with one attached hydrogen (secondary N) is 2. The molecule has 4 fully saturated rings. The molecule has 0 bridgehead atoms. The van der Waals surface area contributed by atoms with E-state index < -0.39 is 0 Å². The van der Waals surface area contributed by atoms with Gasteiger partial charge in [0.05, 0.1) is 25.2 Å². The van der Waals surface area contributed by atoms with Gasteiger partial charge in [0.25, 0.3) is 0 Å². The molecule has 1 spiro atoms. The van der Waals surface area contributed by atoms with Crippen LogP contribution in [0.4, 0.5) is 0 Å². The van der Waals surface area contributed by atoms with Crippen molar-refractivity contribution in [3.63, 3.8) is 0 Å². The summed E-state index contributed by atoms with van der Waals surface area (Å²) in [6, 6.07) is 0.443. The van der Waals surface area contributed by atoms with Gasteiger partial charge in [-0.15, -0.1) is 0 Å². The van der Waals surface area contributed by atoms with E-state index in [1.54, 1.807) is 0 Å². The van der Waals surface area contributed by atoms with Gasteiger partial charge in [-0.05, 0) is 84.3 Å². The smallest absolute Gasteiger partial charge is 0.308 e. The number of esters is 1. The fourth-order valence-electron chi connectivity index (χ4n) is 6.29. The number of carbonyl (C=O) groups is 2. The summed E-state index contributed by atoms with van der Waals surface area (Å²) in [5.41, 5.74) is 0.167. The molecule has 3 saturated heterocycles. The first-order valence-corrected chi connectivity index (χ1v) is 11.7. The molecule has 4 atom stereocenters. The first-order valence-electron chi connectivity index (χ1n) is 11.7. The van der Waals surface area contributed by atoms with Crippen molar-refractivity contribution in [1.82, 2.24) is 20.4 Å². The lowest BCUT2D eigenvalue weighted by Gasteiger charge is -2.53. The summed E-state index contributed by atoms with van der Waals surface area (Å²) in [7, 11) is 1.85. The number of ether oxygens (including phenoxy) is 1. The Bertz CT molecular complexity index is 599. The molecule has 3 aliphatic heterocycles. The molecule has 7 heteroatoms. The number of likely N-dealkylation sites (tertiary alicyclic amines) is 2. The summed E-state index contributed by atoms with van der Waals surface area (Å²) < 4.78 is 5.22. The molecule has 4 unspecified atom stereocenters. The lowest BCUT2D eigenvalue weighted by atomic mass is 9.80. The molecule has 0 aromatic heterocycles. The molecule has 2 N–H and O–H groups in total. The minimum Gasteiger partial charge on any atom is -0.466 e. The maximum absolute atomic E-state index is 12.4. The third-order valence-electron chi connectivity index (χ3n) is 7.79. The zero-order valence-corrected chi connectivity index (χ0v) is 18.1. The van der Waals surface area contributed by atoms with Crippen LogP contribution < -0.4 is 10.6 Å². The zero-order chi connectivity index (χ0) is 20.4. The van der Waals surface area contributed by atoms with Crippen LogP contribution in [0.3, 0.4) is 0 Å². The predicted octanol–water partition coefficient (Wildman–Crippen LogP) is 1.33. The van der Waals surface area contributed by atoms with Gasteiger partial charge in [0.15, 0.2) is 0 Å². The molecule has 4 rings (SSSR count). The summed E-state index contributed by atoms with van der Waals surface area (Å²) in [5, 5.41) is 6.83. The quantitative estimate of drug-likeness (QED) is 0.649. The number of carbonyl (C=O) groups excluding carboxylic acids is 2. The Hall–Kier alpha value is -1.18. The molecule has 0 aromatic carbocycles. The van der Waals surface area contributed by atoms with Gasteiger partial charge >= 0.3 is 5.97 Å². The van der Waals surface area contributed by atoms with E-state index >= 15 is 0 Å². The lowest BCUT2D eigenvalue weighted by molar-refractivity contribution is -0.148. The van der Waals surface area contributed by atoms with Gasteiger partial charge in [0.2, 0.25) is 5.91 Å². The number of piperidine rings is 1. The number of likely N-dealkylation sites (N-methyl/N-ethyl adjacent to an activating group) is 1. The van der Waals surface area contributed by atoms with Crippen molar-refractivity contribution in [1.29, 1.82) is 0 Å². The van der Waals surface area contributed by atoms with Crippen LogP contribution in [-0.4, -0.2) is 79.3 Å². The summed E-state index contributed by atoms with van der Waals surface area (Å²) in [4.78, 5) is 29.2. The van der Waals surface area contributed by atoms with Gasteiger partial charge in [-0.2, -0.15) is 0 Å². The maximum atomic E-state index is 12.4. The Morgan fingerprint density at radius 2 is 1.90 bits per heavy atom. The van der Waals surface area contributed by atoms with E-state index in [1.807, 2.05) is 14.0 Å². The number of hydrogen-bond donors (Lipinski definition) is 2.